The summed E-state index contributed by atoms with van der Waals surface area (Å²) in [5.74, 6) is -0.311. The summed E-state index contributed by atoms with van der Waals surface area (Å²) in [6.07, 6.45) is 6.55. The third-order valence-corrected chi connectivity index (χ3v) is 6.81. The maximum absolute atomic E-state index is 13.2. The summed E-state index contributed by atoms with van der Waals surface area (Å²) in [5.41, 5.74) is 2.00. The predicted molar refractivity (Wildman–Crippen MR) is 120 cm³/mol. The Morgan fingerprint density at radius 3 is 2.52 bits per heavy atom. The highest BCUT2D eigenvalue weighted by atomic mass is 32.2. The fraction of sp³-hybridized carbons (Fsp3) is 0.304. The summed E-state index contributed by atoms with van der Waals surface area (Å²) in [7, 11) is -3.79. The minimum absolute atomic E-state index is 0.194. The molecule has 0 aliphatic rings. The second-order valence-electron chi connectivity index (χ2n) is 7.39. The molecule has 0 spiro atoms. The van der Waals surface area contributed by atoms with Gasteiger partial charge in [0.2, 0.25) is 15.9 Å². The molecule has 0 saturated heterocycles. The van der Waals surface area contributed by atoms with E-state index in [0.29, 0.717) is 13.0 Å². The van der Waals surface area contributed by atoms with Crippen LogP contribution in [0.5, 0.6) is 0 Å². The van der Waals surface area contributed by atoms with Crippen LogP contribution in [0.25, 0.3) is 0 Å². The molecule has 164 valence electrons. The van der Waals surface area contributed by atoms with E-state index in [4.69, 9.17) is 0 Å². The number of benzene rings is 2. The van der Waals surface area contributed by atoms with Gasteiger partial charge < -0.3 is 9.88 Å². The highest BCUT2D eigenvalue weighted by Gasteiger charge is 2.26. The molecule has 1 aromatic heterocycles. The van der Waals surface area contributed by atoms with Crippen LogP contribution >= 0.6 is 0 Å². The van der Waals surface area contributed by atoms with E-state index in [0.717, 1.165) is 24.1 Å². The summed E-state index contributed by atoms with van der Waals surface area (Å²) < 4.78 is 29.6. The average Bonchev–Trinajstić information content (AvgIpc) is 3.29. The van der Waals surface area contributed by atoms with Gasteiger partial charge in [0.1, 0.15) is 0 Å². The number of rotatable bonds is 11. The van der Waals surface area contributed by atoms with Crippen LogP contribution in [0.2, 0.25) is 0 Å². The van der Waals surface area contributed by atoms with Crippen molar-refractivity contribution in [1.82, 2.24) is 19.2 Å². The zero-order valence-electron chi connectivity index (χ0n) is 17.6. The van der Waals surface area contributed by atoms with Gasteiger partial charge in [-0.15, -0.1) is 0 Å². The minimum Gasteiger partial charge on any atom is -0.355 e. The first-order chi connectivity index (χ1) is 14.9. The van der Waals surface area contributed by atoms with Gasteiger partial charge >= 0.3 is 0 Å². The van der Waals surface area contributed by atoms with E-state index < -0.39 is 10.0 Å². The number of aryl methyl sites for hydroxylation is 2. The Bertz CT molecular complexity index is 1050. The Balaban J connectivity index is 1.64. The van der Waals surface area contributed by atoms with E-state index in [-0.39, 0.29) is 23.9 Å². The number of nitrogens with zero attached hydrogens (tertiary/aromatic N) is 3. The first-order valence-electron chi connectivity index (χ1n) is 10.3. The predicted octanol–water partition coefficient (Wildman–Crippen LogP) is 2.63. The van der Waals surface area contributed by atoms with Crippen molar-refractivity contribution in [2.75, 3.05) is 19.6 Å². The summed E-state index contributed by atoms with van der Waals surface area (Å²) in [4.78, 5) is 16.7. The van der Waals surface area contributed by atoms with Crippen LogP contribution in [-0.2, 0) is 27.8 Å². The number of aromatic nitrogens is 2. The molecule has 0 radical (unpaired) electrons. The largest absolute Gasteiger partial charge is 0.355 e. The van der Waals surface area contributed by atoms with Gasteiger partial charge in [-0.3, -0.25) is 4.79 Å². The fourth-order valence-corrected chi connectivity index (χ4v) is 4.56. The molecule has 0 aliphatic heterocycles. The van der Waals surface area contributed by atoms with E-state index in [1.807, 2.05) is 48.0 Å². The molecule has 0 atom stereocenters. The van der Waals surface area contributed by atoms with Gasteiger partial charge in [-0.2, -0.15) is 4.31 Å². The summed E-state index contributed by atoms with van der Waals surface area (Å²) >= 11 is 0. The monoisotopic (exact) mass is 440 g/mol. The Labute approximate surface area is 183 Å². The molecule has 1 N–H and O–H groups in total. The molecular formula is C23H28N4O3S. The summed E-state index contributed by atoms with van der Waals surface area (Å²) in [5, 5.41) is 2.83. The topological polar surface area (TPSA) is 84.3 Å². The number of sulfonamides is 1. The van der Waals surface area contributed by atoms with Gasteiger partial charge in [-0.1, -0.05) is 48.0 Å². The lowest BCUT2D eigenvalue weighted by Gasteiger charge is -2.22. The molecule has 0 aliphatic carbocycles. The SMILES string of the molecule is Cc1ccc(S(=O)(=O)N(CCc2ccccc2)CC(=O)NCCCn2ccnc2)cc1. The molecular weight excluding hydrogens is 412 g/mol. The van der Waals surface area contributed by atoms with Crippen LogP contribution in [0.4, 0.5) is 0 Å². The number of carbonyl (C=O) groups is 1. The normalized spacial score (nSPS) is 11.5. The van der Waals surface area contributed by atoms with Crippen molar-refractivity contribution >= 4 is 15.9 Å². The lowest BCUT2D eigenvalue weighted by Crippen LogP contribution is -2.42. The van der Waals surface area contributed by atoms with Crippen molar-refractivity contribution in [3.63, 3.8) is 0 Å². The molecule has 2 aromatic carbocycles. The zero-order valence-corrected chi connectivity index (χ0v) is 18.5. The average molecular weight is 441 g/mol. The third-order valence-electron chi connectivity index (χ3n) is 4.95. The maximum Gasteiger partial charge on any atom is 0.243 e. The van der Waals surface area contributed by atoms with Gasteiger partial charge in [0.05, 0.1) is 17.8 Å². The van der Waals surface area contributed by atoms with Crippen LogP contribution in [-0.4, -0.2) is 47.8 Å². The van der Waals surface area contributed by atoms with Gasteiger partial charge in [-0.25, -0.2) is 13.4 Å². The Morgan fingerprint density at radius 2 is 1.84 bits per heavy atom. The number of hydrogen-bond acceptors (Lipinski definition) is 4. The van der Waals surface area contributed by atoms with E-state index in [9.17, 15) is 13.2 Å². The number of nitrogens with one attached hydrogen (secondary N) is 1. The van der Waals surface area contributed by atoms with Crippen molar-refractivity contribution in [2.45, 2.75) is 31.2 Å². The molecule has 0 fully saturated rings. The maximum atomic E-state index is 13.2. The van der Waals surface area contributed by atoms with Crippen molar-refractivity contribution in [1.29, 1.82) is 0 Å². The Kier molecular flexibility index (Phi) is 7.97. The van der Waals surface area contributed by atoms with E-state index in [1.165, 1.54) is 4.31 Å². The number of imidazole rings is 1. The molecule has 0 saturated carbocycles. The van der Waals surface area contributed by atoms with Crippen LogP contribution < -0.4 is 5.32 Å². The van der Waals surface area contributed by atoms with Crippen LogP contribution in [0, 0.1) is 6.92 Å². The van der Waals surface area contributed by atoms with Gasteiger partial charge in [0.15, 0.2) is 0 Å². The van der Waals surface area contributed by atoms with E-state index >= 15 is 0 Å². The molecule has 0 unspecified atom stereocenters. The lowest BCUT2D eigenvalue weighted by molar-refractivity contribution is -0.121. The molecule has 1 amide bonds. The van der Waals surface area contributed by atoms with Crippen molar-refractivity contribution in [3.8, 4) is 0 Å². The standard InChI is InChI=1S/C23H28N4O3S/c1-20-8-10-22(11-9-20)31(29,30)27(16-12-21-6-3-2-4-7-21)18-23(28)25-13-5-15-26-17-14-24-19-26/h2-4,6-11,14,17,19H,5,12-13,15-16,18H2,1H3,(H,25,28). The minimum atomic E-state index is -3.79. The first-order valence-corrected chi connectivity index (χ1v) is 11.7. The van der Waals surface area contributed by atoms with Crippen LogP contribution in [0.3, 0.4) is 0 Å². The quantitative estimate of drug-likeness (QED) is 0.465. The molecule has 31 heavy (non-hydrogen) atoms. The Morgan fingerprint density at radius 1 is 1.10 bits per heavy atom. The number of amides is 1. The van der Waals surface area contributed by atoms with Crippen molar-refractivity contribution in [3.05, 3.63) is 84.4 Å². The van der Waals surface area contributed by atoms with E-state index in [2.05, 4.69) is 10.3 Å². The Hall–Kier alpha value is -2.97. The molecule has 3 rings (SSSR count). The number of hydrogen-bond donors (Lipinski definition) is 1. The van der Waals surface area contributed by atoms with E-state index in [1.54, 1.807) is 36.8 Å². The number of carbonyl (C=O) groups excluding carboxylic acids is 1. The fourth-order valence-electron chi connectivity index (χ4n) is 3.17. The molecule has 7 nitrogen and oxygen atoms in total. The second-order valence-corrected chi connectivity index (χ2v) is 9.33. The highest BCUT2D eigenvalue weighted by molar-refractivity contribution is 7.89. The van der Waals surface area contributed by atoms with Crippen molar-refractivity contribution < 1.29 is 13.2 Å². The lowest BCUT2D eigenvalue weighted by atomic mass is 10.1. The van der Waals surface area contributed by atoms with Gasteiger partial charge in [0.25, 0.3) is 0 Å². The summed E-state index contributed by atoms with van der Waals surface area (Å²) in [6.45, 7) is 3.12. The molecule has 3 aromatic rings. The molecule has 8 heteroatoms. The molecule has 1 heterocycles. The molecule has 0 bridgehead atoms. The smallest absolute Gasteiger partial charge is 0.243 e. The van der Waals surface area contributed by atoms with Gasteiger partial charge in [0, 0.05) is 32.0 Å². The first kappa shape index (κ1) is 22.7. The van der Waals surface area contributed by atoms with Crippen LogP contribution in [0.1, 0.15) is 17.5 Å². The third kappa shape index (κ3) is 6.77. The second kappa shape index (κ2) is 10.9. The van der Waals surface area contributed by atoms with Crippen LogP contribution in [0.15, 0.2) is 78.2 Å². The zero-order chi connectivity index (χ0) is 22.1. The summed E-state index contributed by atoms with van der Waals surface area (Å²) in [6, 6.07) is 16.4. The highest BCUT2D eigenvalue weighted by Crippen LogP contribution is 2.17. The van der Waals surface area contributed by atoms with Crippen molar-refractivity contribution in [2.24, 2.45) is 0 Å². The van der Waals surface area contributed by atoms with Gasteiger partial charge in [-0.05, 0) is 37.5 Å².